The van der Waals surface area contributed by atoms with Crippen LogP contribution < -0.4 is 5.32 Å². The molecule has 2 aromatic rings. The highest BCUT2D eigenvalue weighted by Crippen LogP contribution is 2.18. The Morgan fingerprint density at radius 2 is 1.50 bits per heavy atom. The Labute approximate surface area is 114 Å². The van der Waals surface area contributed by atoms with Crippen molar-refractivity contribution in [2.24, 2.45) is 0 Å². The predicted octanol–water partition coefficient (Wildman–Crippen LogP) is 3.80. The topological polar surface area (TPSA) is 12.0 Å². The van der Waals surface area contributed by atoms with Crippen LogP contribution in [0, 0.1) is 0 Å². The first-order valence-corrected chi connectivity index (χ1v) is 6.82. The van der Waals surface area contributed by atoms with Crippen LogP contribution in [0.15, 0.2) is 60.7 Å². The van der Waals surface area contributed by atoms with Crippen molar-refractivity contribution in [3.8, 4) is 0 Å². The van der Waals surface area contributed by atoms with Gasteiger partial charge < -0.3 is 5.32 Å². The monoisotopic (exact) mass is 259 g/mol. The second-order valence-corrected chi connectivity index (χ2v) is 4.67. The van der Waals surface area contributed by atoms with Crippen LogP contribution in [0.3, 0.4) is 0 Å². The van der Waals surface area contributed by atoms with Gasteiger partial charge in [-0.2, -0.15) is 0 Å². The van der Waals surface area contributed by atoms with Crippen molar-refractivity contribution in [3.05, 3.63) is 71.8 Å². The Hall–Kier alpha value is -1.31. The van der Waals surface area contributed by atoms with Crippen molar-refractivity contribution in [2.75, 3.05) is 12.4 Å². The fraction of sp³-hybridized carbons (Fsp3) is 0.250. The van der Waals surface area contributed by atoms with Gasteiger partial charge in [0.25, 0.3) is 0 Å². The molecule has 0 saturated heterocycles. The van der Waals surface area contributed by atoms with E-state index in [1.807, 2.05) is 12.1 Å². The zero-order chi connectivity index (χ0) is 12.6. The molecule has 0 spiro atoms. The first-order chi connectivity index (χ1) is 8.90. The van der Waals surface area contributed by atoms with Crippen LogP contribution in [0.2, 0.25) is 0 Å². The Morgan fingerprint density at radius 1 is 0.889 bits per heavy atom. The minimum Gasteiger partial charge on any atom is -0.308 e. The standard InChI is InChI=1S/C16H18ClN/c17-11-12-18-16(15-9-5-2-6-10-15)13-14-7-3-1-4-8-14/h1-10,16,18H,11-13H2. The van der Waals surface area contributed by atoms with Crippen LogP contribution in [0.1, 0.15) is 17.2 Å². The number of benzene rings is 2. The summed E-state index contributed by atoms with van der Waals surface area (Å²) in [6.45, 7) is 0.827. The van der Waals surface area contributed by atoms with Crippen LogP contribution in [0.5, 0.6) is 0 Å². The van der Waals surface area contributed by atoms with Crippen LogP contribution in [-0.4, -0.2) is 12.4 Å². The minimum absolute atomic E-state index is 0.326. The quantitative estimate of drug-likeness (QED) is 0.778. The zero-order valence-electron chi connectivity index (χ0n) is 10.4. The normalized spacial score (nSPS) is 12.3. The summed E-state index contributed by atoms with van der Waals surface area (Å²) in [4.78, 5) is 0. The fourth-order valence-electron chi connectivity index (χ4n) is 2.07. The summed E-state index contributed by atoms with van der Waals surface area (Å²) in [5, 5.41) is 3.50. The number of alkyl halides is 1. The van der Waals surface area contributed by atoms with Gasteiger partial charge in [0.05, 0.1) is 0 Å². The van der Waals surface area contributed by atoms with Crippen molar-refractivity contribution < 1.29 is 0 Å². The summed E-state index contributed by atoms with van der Waals surface area (Å²) in [6, 6.07) is 21.4. The molecule has 0 radical (unpaired) electrons. The lowest BCUT2D eigenvalue weighted by Gasteiger charge is -2.19. The minimum atomic E-state index is 0.326. The largest absolute Gasteiger partial charge is 0.308 e. The van der Waals surface area contributed by atoms with Crippen molar-refractivity contribution in [3.63, 3.8) is 0 Å². The van der Waals surface area contributed by atoms with Crippen molar-refractivity contribution in [1.82, 2.24) is 5.32 Å². The van der Waals surface area contributed by atoms with Crippen LogP contribution in [-0.2, 0) is 6.42 Å². The number of rotatable bonds is 6. The maximum atomic E-state index is 5.77. The number of hydrogen-bond acceptors (Lipinski definition) is 1. The first-order valence-electron chi connectivity index (χ1n) is 6.28. The number of hydrogen-bond donors (Lipinski definition) is 1. The Bertz CT molecular complexity index is 441. The van der Waals surface area contributed by atoms with Crippen molar-refractivity contribution >= 4 is 11.6 Å². The third-order valence-corrected chi connectivity index (χ3v) is 3.16. The smallest absolute Gasteiger partial charge is 0.0361 e. The highest BCUT2D eigenvalue weighted by molar-refractivity contribution is 6.18. The summed E-state index contributed by atoms with van der Waals surface area (Å²) in [5.41, 5.74) is 2.65. The van der Waals surface area contributed by atoms with E-state index in [9.17, 15) is 0 Å². The van der Waals surface area contributed by atoms with E-state index >= 15 is 0 Å². The molecule has 0 aromatic heterocycles. The summed E-state index contributed by atoms with van der Waals surface area (Å²) in [7, 11) is 0. The maximum Gasteiger partial charge on any atom is 0.0361 e. The van der Waals surface area contributed by atoms with Crippen LogP contribution in [0.4, 0.5) is 0 Å². The summed E-state index contributed by atoms with van der Waals surface area (Å²) < 4.78 is 0. The molecule has 2 heteroatoms. The second kappa shape index (κ2) is 7.20. The molecule has 2 rings (SSSR count). The van der Waals surface area contributed by atoms with Crippen molar-refractivity contribution in [2.45, 2.75) is 12.5 Å². The molecule has 94 valence electrons. The van der Waals surface area contributed by atoms with E-state index < -0.39 is 0 Å². The van der Waals surface area contributed by atoms with Crippen molar-refractivity contribution in [1.29, 1.82) is 0 Å². The average Bonchev–Trinajstić information content (AvgIpc) is 2.45. The van der Waals surface area contributed by atoms with Crippen LogP contribution >= 0.6 is 11.6 Å². The van der Waals surface area contributed by atoms with Gasteiger partial charge in [0, 0.05) is 18.5 Å². The second-order valence-electron chi connectivity index (χ2n) is 4.30. The lowest BCUT2D eigenvalue weighted by Crippen LogP contribution is -2.25. The first kappa shape index (κ1) is 13.1. The van der Waals surface area contributed by atoms with Gasteiger partial charge in [0.2, 0.25) is 0 Å². The zero-order valence-corrected chi connectivity index (χ0v) is 11.1. The molecular weight excluding hydrogens is 242 g/mol. The van der Waals surface area contributed by atoms with Gasteiger partial charge in [-0.05, 0) is 17.5 Å². The highest BCUT2D eigenvalue weighted by atomic mass is 35.5. The van der Waals surface area contributed by atoms with E-state index in [1.165, 1.54) is 11.1 Å². The molecule has 1 atom stereocenters. The third kappa shape index (κ3) is 3.86. The molecule has 1 nitrogen and oxygen atoms in total. The Kier molecular flexibility index (Phi) is 5.25. The Balaban J connectivity index is 2.10. The lowest BCUT2D eigenvalue weighted by atomic mass is 9.99. The Morgan fingerprint density at radius 3 is 2.11 bits per heavy atom. The van der Waals surface area contributed by atoms with E-state index in [-0.39, 0.29) is 0 Å². The molecule has 0 saturated carbocycles. The van der Waals surface area contributed by atoms with Gasteiger partial charge in [-0.25, -0.2) is 0 Å². The summed E-state index contributed by atoms with van der Waals surface area (Å²) in [5.74, 6) is 0.637. The molecular formula is C16H18ClN. The third-order valence-electron chi connectivity index (χ3n) is 2.97. The molecule has 0 aliphatic heterocycles. The molecule has 0 fully saturated rings. The summed E-state index contributed by atoms with van der Waals surface area (Å²) in [6.07, 6.45) is 0.988. The fourth-order valence-corrected chi connectivity index (χ4v) is 2.18. The van der Waals surface area contributed by atoms with Gasteiger partial charge in [0.15, 0.2) is 0 Å². The van der Waals surface area contributed by atoms with Gasteiger partial charge >= 0.3 is 0 Å². The van der Waals surface area contributed by atoms with E-state index in [4.69, 9.17) is 11.6 Å². The average molecular weight is 260 g/mol. The molecule has 0 heterocycles. The molecule has 1 N–H and O–H groups in total. The van der Waals surface area contributed by atoms with Gasteiger partial charge in [-0.1, -0.05) is 60.7 Å². The molecule has 0 amide bonds. The van der Waals surface area contributed by atoms with E-state index in [1.54, 1.807) is 0 Å². The van der Waals surface area contributed by atoms with E-state index in [0.717, 1.165) is 13.0 Å². The van der Waals surface area contributed by atoms with E-state index in [2.05, 4.69) is 53.8 Å². The molecule has 1 unspecified atom stereocenters. The highest BCUT2D eigenvalue weighted by Gasteiger charge is 2.10. The number of halogens is 1. The predicted molar refractivity (Wildman–Crippen MR) is 78.1 cm³/mol. The molecule has 0 aliphatic carbocycles. The molecule has 0 aliphatic rings. The van der Waals surface area contributed by atoms with E-state index in [0.29, 0.717) is 11.9 Å². The van der Waals surface area contributed by atoms with Crippen LogP contribution in [0.25, 0.3) is 0 Å². The SMILES string of the molecule is ClCCNC(Cc1ccccc1)c1ccccc1. The number of nitrogens with one attached hydrogen (secondary N) is 1. The molecule has 2 aromatic carbocycles. The lowest BCUT2D eigenvalue weighted by molar-refractivity contribution is 0.551. The molecule has 18 heavy (non-hydrogen) atoms. The van der Waals surface area contributed by atoms with Gasteiger partial charge in [-0.15, -0.1) is 11.6 Å². The molecule has 0 bridgehead atoms. The van der Waals surface area contributed by atoms with Gasteiger partial charge in [-0.3, -0.25) is 0 Å². The summed E-state index contributed by atoms with van der Waals surface area (Å²) >= 11 is 5.77. The van der Waals surface area contributed by atoms with Gasteiger partial charge in [0.1, 0.15) is 0 Å². The maximum absolute atomic E-state index is 5.77.